The monoisotopic (exact) mass is 657 g/mol. The molecule has 0 aliphatic carbocycles. The first kappa shape index (κ1) is 34.4. The van der Waals surface area contributed by atoms with Crippen molar-refractivity contribution in [3.05, 3.63) is 77.4 Å². The summed E-state index contributed by atoms with van der Waals surface area (Å²) in [5.74, 6) is -0.133. The van der Waals surface area contributed by atoms with E-state index in [0.29, 0.717) is 51.3 Å². The van der Waals surface area contributed by atoms with Crippen molar-refractivity contribution in [2.24, 2.45) is 0 Å². The van der Waals surface area contributed by atoms with Gasteiger partial charge in [-0.15, -0.1) is 0 Å². The van der Waals surface area contributed by atoms with Gasteiger partial charge in [0.25, 0.3) is 0 Å². The van der Waals surface area contributed by atoms with E-state index in [1.165, 1.54) is 7.11 Å². The molecule has 0 radical (unpaired) electrons. The Morgan fingerprint density at radius 2 is 1.57 bits per heavy atom. The van der Waals surface area contributed by atoms with Crippen molar-refractivity contribution < 1.29 is 36.9 Å². The van der Waals surface area contributed by atoms with Gasteiger partial charge in [0, 0.05) is 64.4 Å². The molecule has 3 heterocycles. The van der Waals surface area contributed by atoms with Gasteiger partial charge < -0.3 is 23.8 Å². The van der Waals surface area contributed by atoms with Crippen LogP contribution in [0.1, 0.15) is 36.0 Å². The number of carbonyl (C=O) groups excluding carboxylic acids is 1. The van der Waals surface area contributed by atoms with Gasteiger partial charge in [-0.3, -0.25) is 14.6 Å². The van der Waals surface area contributed by atoms with Crippen molar-refractivity contribution in [2.75, 3.05) is 66.8 Å². The summed E-state index contributed by atoms with van der Waals surface area (Å²) < 4.78 is 61.3. The number of hydrogen-bond donors (Lipinski definition) is 0. The number of alkyl halides is 3. The smallest absolute Gasteiger partial charge is 0.422 e. The van der Waals surface area contributed by atoms with Gasteiger partial charge in [-0.25, -0.2) is 0 Å². The number of halogens is 3. The Morgan fingerprint density at radius 1 is 0.915 bits per heavy atom. The molecule has 2 aliphatic heterocycles. The molecular weight excluding hydrogens is 615 g/mol. The number of rotatable bonds is 13. The summed E-state index contributed by atoms with van der Waals surface area (Å²) in [5.41, 5.74) is 2.60. The topological polar surface area (TPSA) is 89.5 Å². The third kappa shape index (κ3) is 8.70. The second-order valence-corrected chi connectivity index (χ2v) is 11.7. The number of nitrogens with zero attached hydrogens (tertiary/aromatic N) is 5. The largest absolute Gasteiger partial charge is 0.481 e. The predicted molar refractivity (Wildman–Crippen MR) is 169 cm³/mol. The number of amides is 1. The minimum absolute atomic E-state index is 0.0159. The van der Waals surface area contributed by atoms with Gasteiger partial charge in [0.1, 0.15) is 0 Å². The number of benzene rings is 2. The van der Waals surface area contributed by atoms with Gasteiger partial charge >= 0.3 is 12.2 Å². The maximum absolute atomic E-state index is 13.3. The number of hydrogen-bond acceptors (Lipinski definition) is 9. The van der Waals surface area contributed by atoms with Gasteiger partial charge in [-0.2, -0.15) is 23.1 Å². The van der Waals surface area contributed by atoms with Crippen LogP contribution in [-0.2, 0) is 16.1 Å². The molecule has 2 saturated heterocycles. The molecule has 0 spiro atoms. The lowest BCUT2D eigenvalue weighted by Crippen LogP contribution is -2.67. The van der Waals surface area contributed by atoms with E-state index in [9.17, 15) is 18.0 Å². The molecule has 0 saturated carbocycles. The number of aromatic nitrogens is 2. The fourth-order valence-electron chi connectivity index (χ4n) is 6.58. The minimum atomic E-state index is -4.57. The Morgan fingerprint density at radius 3 is 2.17 bits per heavy atom. The average Bonchev–Trinajstić information content (AvgIpc) is 3.07. The van der Waals surface area contributed by atoms with Crippen LogP contribution in [0.5, 0.6) is 17.8 Å². The van der Waals surface area contributed by atoms with Gasteiger partial charge in [0.05, 0.1) is 32.3 Å². The Balaban J connectivity index is 1.53. The third-order valence-electron chi connectivity index (χ3n) is 8.58. The number of fused-ring (bicyclic) bond motifs is 1. The van der Waals surface area contributed by atoms with Crippen LogP contribution < -0.4 is 14.2 Å². The number of ether oxygens (including phenoxy) is 4. The molecule has 1 amide bonds. The van der Waals surface area contributed by atoms with E-state index in [-0.39, 0.29) is 54.8 Å². The standard InChI is InChI=1S/C34H42F3N5O5/c1-4-46-33-38-31(45-3)27(32(39-33)47-23-34(35,36)37)21-40-19-26-20-41(29(43)15-18-44-2)16-17-42(26)28(22-40)30(24-11-7-5-8-12-24)25-13-9-6-10-14-25/h5-14,26,28,30H,4,15-23H2,1-3H3/t26-,28+/m1/s1. The number of carbonyl (C=O) groups is 1. The Hall–Kier alpha value is -3.94. The highest BCUT2D eigenvalue weighted by Crippen LogP contribution is 2.38. The molecular formula is C34H42F3N5O5. The van der Waals surface area contributed by atoms with Crippen molar-refractivity contribution >= 4 is 5.91 Å². The molecule has 5 rings (SSSR count). The van der Waals surface area contributed by atoms with Crippen LogP contribution in [-0.4, -0.2) is 116 Å². The SMILES string of the molecule is CCOc1nc(OC)c(CN2C[C@@H]3CN(C(=O)CCOC)CCN3[C@H](C(c3ccccc3)c3ccccc3)C2)c(OCC(F)(F)F)n1. The maximum Gasteiger partial charge on any atom is 0.422 e. The first-order valence-electron chi connectivity index (χ1n) is 15.8. The summed E-state index contributed by atoms with van der Waals surface area (Å²) in [6.07, 6.45) is -4.27. The van der Waals surface area contributed by atoms with E-state index in [2.05, 4.69) is 44.0 Å². The first-order chi connectivity index (χ1) is 22.7. The maximum atomic E-state index is 13.3. The zero-order valence-electron chi connectivity index (χ0n) is 27.0. The van der Waals surface area contributed by atoms with Crippen LogP contribution in [0, 0.1) is 0 Å². The zero-order chi connectivity index (χ0) is 33.4. The molecule has 3 aromatic rings. The summed E-state index contributed by atoms with van der Waals surface area (Å²) in [6, 6.07) is 20.4. The molecule has 47 heavy (non-hydrogen) atoms. The highest BCUT2D eigenvalue weighted by Gasteiger charge is 2.43. The van der Waals surface area contributed by atoms with E-state index in [0.717, 1.165) is 11.1 Å². The lowest BCUT2D eigenvalue weighted by Gasteiger charge is -2.53. The second kappa shape index (κ2) is 15.8. The van der Waals surface area contributed by atoms with E-state index in [1.54, 1.807) is 14.0 Å². The molecule has 2 aromatic carbocycles. The highest BCUT2D eigenvalue weighted by atomic mass is 19.4. The van der Waals surface area contributed by atoms with Gasteiger partial charge in [0.2, 0.25) is 17.7 Å². The van der Waals surface area contributed by atoms with Crippen LogP contribution >= 0.6 is 0 Å². The minimum Gasteiger partial charge on any atom is -0.481 e. The molecule has 0 bridgehead atoms. The zero-order valence-corrected chi connectivity index (χ0v) is 27.0. The van der Waals surface area contributed by atoms with Crippen molar-refractivity contribution in [2.45, 2.75) is 44.1 Å². The van der Waals surface area contributed by atoms with Crippen molar-refractivity contribution in [1.29, 1.82) is 0 Å². The Bertz CT molecular complexity index is 1410. The van der Waals surface area contributed by atoms with Crippen LogP contribution in [0.25, 0.3) is 0 Å². The lowest BCUT2D eigenvalue weighted by atomic mass is 9.81. The molecule has 0 N–H and O–H groups in total. The first-order valence-corrected chi connectivity index (χ1v) is 15.8. The van der Waals surface area contributed by atoms with Crippen LogP contribution in [0.2, 0.25) is 0 Å². The molecule has 2 atom stereocenters. The Kier molecular flexibility index (Phi) is 11.5. The summed E-state index contributed by atoms with van der Waals surface area (Å²) >= 11 is 0. The summed E-state index contributed by atoms with van der Waals surface area (Å²) in [7, 11) is 2.98. The van der Waals surface area contributed by atoms with Crippen LogP contribution in [0.15, 0.2) is 60.7 Å². The molecule has 0 unspecified atom stereocenters. The molecule has 10 nitrogen and oxygen atoms in total. The van der Waals surface area contributed by atoms with Crippen LogP contribution in [0.4, 0.5) is 13.2 Å². The average molecular weight is 658 g/mol. The second-order valence-electron chi connectivity index (χ2n) is 11.7. The number of methoxy groups -OCH3 is 2. The number of piperazine rings is 2. The highest BCUT2D eigenvalue weighted by molar-refractivity contribution is 5.76. The fraction of sp³-hybridized carbons (Fsp3) is 0.500. The van der Waals surface area contributed by atoms with Gasteiger partial charge in [0.15, 0.2) is 6.61 Å². The summed E-state index contributed by atoms with van der Waals surface area (Å²) in [5, 5.41) is 0. The normalized spacial score (nSPS) is 19.0. The van der Waals surface area contributed by atoms with Crippen molar-refractivity contribution in [1.82, 2.24) is 24.7 Å². The van der Waals surface area contributed by atoms with E-state index >= 15 is 0 Å². The Labute approximate surface area is 273 Å². The van der Waals surface area contributed by atoms with Crippen molar-refractivity contribution in [3.63, 3.8) is 0 Å². The van der Waals surface area contributed by atoms with E-state index < -0.39 is 12.8 Å². The third-order valence-corrected chi connectivity index (χ3v) is 8.58. The fourth-order valence-corrected chi connectivity index (χ4v) is 6.58. The summed E-state index contributed by atoms with van der Waals surface area (Å²) in [6.45, 7) is 3.87. The summed E-state index contributed by atoms with van der Waals surface area (Å²) in [4.78, 5) is 28.2. The molecule has 2 aliphatic rings. The molecule has 254 valence electrons. The van der Waals surface area contributed by atoms with Crippen LogP contribution in [0.3, 0.4) is 0 Å². The lowest BCUT2D eigenvalue weighted by molar-refractivity contribution is -0.154. The van der Waals surface area contributed by atoms with Gasteiger partial charge in [-0.05, 0) is 18.1 Å². The molecule has 13 heteroatoms. The quantitative estimate of drug-likeness (QED) is 0.266. The van der Waals surface area contributed by atoms with E-state index in [1.807, 2.05) is 41.3 Å². The predicted octanol–water partition coefficient (Wildman–Crippen LogP) is 4.39. The van der Waals surface area contributed by atoms with Gasteiger partial charge in [-0.1, -0.05) is 60.7 Å². The molecule has 2 fully saturated rings. The van der Waals surface area contributed by atoms with E-state index in [4.69, 9.17) is 18.9 Å². The van der Waals surface area contributed by atoms with Crippen molar-refractivity contribution in [3.8, 4) is 17.8 Å². The molecule has 1 aromatic heterocycles.